The van der Waals surface area contributed by atoms with Crippen LogP contribution in [0.2, 0.25) is 0 Å². The zero-order valence-electron chi connectivity index (χ0n) is 18.9. The molecule has 2 aromatic rings. The van der Waals surface area contributed by atoms with Gasteiger partial charge in [0.05, 0.1) is 4.90 Å². The fourth-order valence-corrected chi connectivity index (χ4v) is 6.05. The van der Waals surface area contributed by atoms with E-state index in [1.165, 1.54) is 17.0 Å². The van der Waals surface area contributed by atoms with E-state index < -0.39 is 28.0 Å². The average molecular weight is 489 g/mol. The quantitative estimate of drug-likeness (QED) is 0.452. The Hall–Kier alpha value is -3.02. The van der Waals surface area contributed by atoms with Crippen molar-refractivity contribution < 1.29 is 27.6 Å². The Morgan fingerprint density at radius 1 is 1.18 bits per heavy atom. The lowest BCUT2D eigenvalue weighted by atomic mass is 10.1. The largest absolute Gasteiger partial charge is 0.355 e. The van der Waals surface area contributed by atoms with E-state index in [-0.39, 0.29) is 36.3 Å². The van der Waals surface area contributed by atoms with Crippen LogP contribution in [0.25, 0.3) is 10.8 Å². The number of carbonyl (C=O) groups excluding carboxylic acids is 3. The number of piperidine rings is 1. The molecule has 2 aromatic carbocycles. The van der Waals surface area contributed by atoms with Crippen molar-refractivity contribution in [3.8, 4) is 0 Å². The van der Waals surface area contributed by atoms with Crippen molar-refractivity contribution in [3.05, 3.63) is 42.5 Å². The normalized spacial score (nSPS) is 22.3. The molecule has 2 amide bonds. The maximum absolute atomic E-state index is 13.4. The molecule has 2 saturated heterocycles. The molecule has 0 aliphatic carbocycles. The Morgan fingerprint density at radius 3 is 2.62 bits per heavy atom. The minimum atomic E-state index is -4.35. The fraction of sp³-hybridized carbons (Fsp3) is 0.435. The summed E-state index contributed by atoms with van der Waals surface area (Å²) < 4.78 is 27.2. The summed E-state index contributed by atoms with van der Waals surface area (Å²) in [6.07, 6.45) is 1.71. The van der Waals surface area contributed by atoms with Gasteiger partial charge in [0, 0.05) is 25.7 Å². The van der Waals surface area contributed by atoms with Gasteiger partial charge in [-0.2, -0.15) is 0 Å². The van der Waals surface area contributed by atoms with Gasteiger partial charge in [0.15, 0.2) is 0 Å². The van der Waals surface area contributed by atoms with Crippen molar-refractivity contribution in [2.75, 3.05) is 19.6 Å². The molecule has 0 aromatic heterocycles. The van der Waals surface area contributed by atoms with Gasteiger partial charge in [-0.15, -0.1) is 0 Å². The van der Waals surface area contributed by atoms with Crippen LogP contribution in [0.3, 0.4) is 0 Å². The second-order valence-electron chi connectivity index (χ2n) is 8.67. The Kier molecular flexibility index (Phi) is 6.87. The number of sulfonamides is 1. The summed E-state index contributed by atoms with van der Waals surface area (Å²) in [5, 5.41) is 1.53. The van der Waals surface area contributed by atoms with Crippen LogP contribution in [-0.4, -0.2) is 78.7 Å². The van der Waals surface area contributed by atoms with Gasteiger partial charge in [-0.25, -0.2) is 8.42 Å². The maximum Gasteiger partial charge on any atom is 0.314 e. The molecule has 0 spiro atoms. The summed E-state index contributed by atoms with van der Waals surface area (Å²) in [5.74, 6) is -0.822. The predicted molar refractivity (Wildman–Crippen MR) is 123 cm³/mol. The highest BCUT2D eigenvalue weighted by atomic mass is 32.2. The third-order valence-corrected chi connectivity index (χ3v) is 8.13. The van der Waals surface area contributed by atoms with Crippen molar-refractivity contribution in [3.63, 3.8) is 0 Å². The molecule has 2 aliphatic heterocycles. The number of fused-ring (bicyclic) bond motifs is 1. The number of likely N-dealkylation sites (tertiary alicyclic amines) is 2. The molecule has 10 nitrogen and oxygen atoms in total. The SMILES string of the molecule is C[C@@H](C(=O)N1CCC[C@@H](N)C1)N1CC[C@H](N(OC=O)S(=O)(=O)c2ccc3ccccc3c2)C1=O. The lowest BCUT2D eigenvalue weighted by Crippen LogP contribution is -2.54. The molecule has 0 bridgehead atoms. The molecular formula is C23H28N4O6S. The summed E-state index contributed by atoms with van der Waals surface area (Å²) in [6.45, 7) is 2.75. The van der Waals surface area contributed by atoms with Gasteiger partial charge in [0.25, 0.3) is 10.0 Å². The molecule has 2 fully saturated rings. The molecule has 182 valence electrons. The Bertz CT molecular complexity index is 1200. The molecule has 0 unspecified atom stereocenters. The summed E-state index contributed by atoms with van der Waals surface area (Å²) >= 11 is 0. The molecule has 0 saturated carbocycles. The van der Waals surface area contributed by atoms with E-state index >= 15 is 0 Å². The van der Waals surface area contributed by atoms with Gasteiger partial charge in [0.2, 0.25) is 11.8 Å². The van der Waals surface area contributed by atoms with Gasteiger partial charge in [0.1, 0.15) is 12.1 Å². The number of hydrogen-bond acceptors (Lipinski definition) is 7. The maximum atomic E-state index is 13.4. The minimum Gasteiger partial charge on any atom is -0.355 e. The number of nitrogens with two attached hydrogens (primary N) is 1. The number of amides is 2. The Balaban J connectivity index is 1.56. The van der Waals surface area contributed by atoms with Crippen LogP contribution in [0.4, 0.5) is 0 Å². The fourth-order valence-electron chi connectivity index (χ4n) is 4.65. The van der Waals surface area contributed by atoms with Crippen LogP contribution in [-0.2, 0) is 29.2 Å². The molecule has 2 aliphatic rings. The first-order valence-electron chi connectivity index (χ1n) is 11.2. The highest BCUT2D eigenvalue weighted by molar-refractivity contribution is 7.89. The van der Waals surface area contributed by atoms with Gasteiger partial charge < -0.3 is 20.4 Å². The monoisotopic (exact) mass is 488 g/mol. The van der Waals surface area contributed by atoms with Crippen molar-refractivity contribution in [1.29, 1.82) is 0 Å². The van der Waals surface area contributed by atoms with E-state index in [0.29, 0.717) is 22.9 Å². The smallest absolute Gasteiger partial charge is 0.314 e. The number of benzene rings is 2. The van der Waals surface area contributed by atoms with Crippen molar-refractivity contribution in [2.24, 2.45) is 5.73 Å². The van der Waals surface area contributed by atoms with Crippen molar-refractivity contribution in [1.82, 2.24) is 14.3 Å². The summed E-state index contributed by atoms with van der Waals surface area (Å²) in [6, 6.07) is 9.60. The van der Waals surface area contributed by atoms with Crippen LogP contribution in [0.5, 0.6) is 0 Å². The van der Waals surface area contributed by atoms with E-state index in [2.05, 4.69) is 0 Å². The van der Waals surface area contributed by atoms with Crippen LogP contribution in [0.1, 0.15) is 26.2 Å². The average Bonchev–Trinajstić information content (AvgIpc) is 3.21. The van der Waals surface area contributed by atoms with Crippen LogP contribution >= 0.6 is 0 Å². The topological polar surface area (TPSA) is 130 Å². The minimum absolute atomic E-state index is 0.0156. The standard InChI is InChI=1S/C23H28N4O6S/c1-16(22(29)25-11-4-7-19(24)14-25)26-12-10-21(23(26)30)27(33-15-28)34(31,32)20-9-8-17-5-2-3-6-18(17)13-20/h2-3,5-6,8-9,13,15-16,19,21H,4,7,10-12,14,24H2,1H3/t16-,19+,21-/m0/s1. The summed E-state index contributed by atoms with van der Waals surface area (Å²) in [7, 11) is -4.35. The number of hydrogen-bond donors (Lipinski definition) is 1. The van der Waals surface area contributed by atoms with E-state index in [1.807, 2.05) is 12.1 Å². The van der Waals surface area contributed by atoms with Crippen molar-refractivity contribution in [2.45, 2.75) is 49.2 Å². The highest BCUT2D eigenvalue weighted by Crippen LogP contribution is 2.28. The zero-order chi connectivity index (χ0) is 24.5. The Labute approximate surface area is 198 Å². The van der Waals surface area contributed by atoms with E-state index in [1.54, 1.807) is 30.0 Å². The van der Waals surface area contributed by atoms with Crippen molar-refractivity contribution >= 4 is 39.1 Å². The first-order chi connectivity index (χ1) is 16.2. The second kappa shape index (κ2) is 9.69. The van der Waals surface area contributed by atoms with Crippen LogP contribution in [0, 0.1) is 0 Å². The number of hydroxylamine groups is 1. The van der Waals surface area contributed by atoms with Gasteiger partial charge in [-0.1, -0.05) is 30.3 Å². The molecule has 3 atom stereocenters. The third kappa shape index (κ3) is 4.50. The molecular weight excluding hydrogens is 460 g/mol. The number of nitrogens with zero attached hydrogens (tertiary/aromatic N) is 3. The van der Waals surface area contributed by atoms with Gasteiger partial charge >= 0.3 is 6.47 Å². The number of carbonyl (C=O) groups is 3. The predicted octanol–water partition coefficient (Wildman–Crippen LogP) is 0.858. The van der Waals surface area contributed by atoms with Crippen LogP contribution in [0.15, 0.2) is 47.4 Å². The molecule has 4 rings (SSSR count). The lowest BCUT2D eigenvalue weighted by Gasteiger charge is -2.35. The number of rotatable bonds is 7. The zero-order valence-corrected chi connectivity index (χ0v) is 19.7. The summed E-state index contributed by atoms with van der Waals surface area (Å²) in [5.41, 5.74) is 5.98. The van der Waals surface area contributed by atoms with E-state index in [4.69, 9.17) is 10.6 Å². The molecule has 34 heavy (non-hydrogen) atoms. The van der Waals surface area contributed by atoms with E-state index in [0.717, 1.165) is 18.2 Å². The van der Waals surface area contributed by atoms with E-state index in [9.17, 15) is 22.8 Å². The molecule has 0 radical (unpaired) electrons. The lowest BCUT2D eigenvalue weighted by molar-refractivity contribution is -0.163. The molecule has 11 heteroatoms. The van der Waals surface area contributed by atoms with Crippen LogP contribution < -0.4 is 5.73 Å². The first-order valence-corrected chi connectivity index (χ1v) is 12.7. The summed E-state index contributed by atoms with van der Waals surface area (Å²) in [4.78, 5) is 45.1. The second-order valence-corrected chi connectivity index (χ2v) is 10.5. The van der Waals surface area contributed by atoms with Gasteiger partial charge in [-0.05, 0) is 53.6 Å². The Morgan fingerprint density at radius 2 is 1.91 bits per heavy atom. The van der Waals surface area contributed by atoms with Gasteiger partial charge in [-0.3, -0.25) is 14.4 Å². The highest BCUT2D eigenvalue weighted by Gasteiger charge is 2.46. The molecule has 2 N–H and O–H groups in total. The molecule has 2 heterocycles. The first kappa shape index (κ1) is 24.1. The third-order valence-electron chi connectivity index (χ3n) is 6.46.